The van der Waals surface area contributed by atoms with Gasteiger partial charge in [-0.3, -0.25) is 4.79 Å². The number of nitrogens with zero attached hydrogens (tertiary/aromatic N) is 1. The number of nitrogens with two attached hydrogens (primary N) is 3. The maximum Gasteiger partial charge on any atom is 0.248 e. The second-order valence-corrected chi connectivity index (χ2v) is 5.21. The van der Waals surface area contributed by atoms with Gasteiger partial charge in [0.15, 0.2) is 5.96 Å². The topological polar surface area (TPSA) is 129 Å². The van der Waals surface area contributed by atoms with E-state index < -0.39 is 5.91 Å². The van der Waals surface area contributed by atoms with Crippen LogP contribution in [0, 0.1) is 0 Å². The van der Waals surface area contributed by atoms with Crippen molar-refractivity contribution in [3.8, 4) is 0 Å². The predicted octanol–water partition coefficient (Wildman–Crippen LogP) is 2.53. The van der Waals surface area contributed by atoms with Crippen molar-refractivity contribution in [3.63, 3.8) is 0 Å². The summed E-state index contributed by atoms with van der Waals surface area (Å²) in [6.07, 6.45) is 8.02. The highest BCUT2D eigenvalue weighted by molar-refractivity contribution is 5.95. The van der Waals surface area contributed by atoms with Gasteiger partial charge in [-0.15, -0.1) is 0 Å². The molecular weight excluding hydrogens is 342 g/mol. The first-order chi connectivity index (χ1) is 12.9. The van der Waals surface area contributed by atoms with Gasteiger partial charge < -0.3 is 27.3 Å². The molecule has 7 nitrogen and oxygen atoms in total. The minimum Gasteiger partial charge on any atom is -0.495 e. The molecule has 0 aliphatic rings. The molecule has 0 heterocycles. The van der Waals surface area contributed by atoms with Gasteiger partial charge in [-0.05, 0) is 49.4 Å². The first-order valence-electron chi connectivity index (χ1n) is 8.17. The molecule has 0 saturated heterocycles. The van der Waals surface area contributed by atoms with E-state index in [9.17, 15) is 4.79 Å². The smallest absolute Gasteiger partial charge is 0.248 e. The fraction of sp³-hybridized carbons (Fsp3) is 0.100. The summed E-state index contributed by atoms with van der Waals surface area (Å²) in [5, 5.41) is 2.93. The Kier molecular flexibility index (Phi) is 8.67. The molecule has 1 aromatic carbocycles. The summed E-state index contributed by atoms with van der Waals surface area (Å²) in [5.74, 6) is 0.128. The Hall–Kier alpha value is -3.74. The third-order valence-electron chi connectivity index (χ3n) is 3.21. The lowest BCUT2D eigenvalue weighted by Crippen LogP contribution is -2.23. The van der Waals surface area contributed by atoms with Crippen LogP contribution < -0.4 is 22.5 Å². The molecule has 0 bridgehead atoms. The van der Waals surface area contributed by atoms with Gasteiger partial charge in [0.1, 0.15) is 5.76 Å². The summed E-state index contributed by atoms with van der Waals surface area (Å²) in [4.78, 5) is 15.4. The van der Waals surface area contributed by atoms with E-state index in [0.29, 0.717) is 34.9 Å². The van der Waals surface area contributed by atoms with Crippen molar-refractivity contribution in [2.75, 3.05) is 11.9 Å². The minimum absolute atomic E-state index is 0.131. The van der Waals surface area contributed by atoms with Gasteiger partial charge in [0, 0.05) is 23.0 Å². The number of hydrogen-bond donors (Lipinski definition) is 4. The van der Waals surface area contributed by atoms with Crippen molar-refractivity contribution in [2.45, 2.75) is 6.92 Å². The maximum atomic E-state index is 11.1. The number of benzene rings is 1. The molecule has 1 amide bonds. The van der Waals surface area contributed by atoms with Crippen LogP contribution in [0.25, 0.3) is 0 Å². The van der Waals surface area contributed by atoms with Crippen LogP contribution in [0.1, 0.15) is 17.3 Å². The zero-order valence-electron chi connectivity index (χ0n) is 15.3. The molecule has 7 N–H and O–H groups in total. The quantitative estimate of drug-likeness (QED) is 0.231. The molecule has 0 radical (unpaired) electrons. The number of allylic oxidation sites excluding steroid dienone is 4. The lowest BCUT2D eigenvalue weighted by atomic mass is 10.1. The normalized spacial score (nSPS) is 12.7. The van der Waals surface area contributed by atoms with Gasteiger partial charge in [0.25, 0.3) is 0 Å². The van der Waals surface area contributed by atoms with Gasteiger partial charge in [-0.25, -0.2) is 4.99 Å². The van der Waals surface area contributed by atoms with Crippen LogP contribution in [-0.4, -0.2) is 18.5 Å². The first kappa shape index (κ1) is 21.3. The van der Waals surface area contributed by atoms with Gasteiger partial charge in [-0.2, -0.15) is 0 Å². The summed E-state index contributed by atoms with van der Waals surface area (Å²) >= 11 is 0. The van der Waals surface area contributed by atoms with Crippen LogP contribution in [0.4, 0.5) is 5.69 Å². The van der Waals surface area contributed by atoms with E-state index in [1.165, 1.54) is 6.20 Å². The number of carbonyl (C=O) groups excluding carboxylic acids is 1. The summed E-state index contributed by atoms with van der Waals surface area (Å²) in [5.41, 5.74) is 19.0. The van der Waals surface area contributed by atoms with E-state index in [0.717, 1.165) is 0 Å². The highest BCUT2D eigenvalue weighted by Crippen LogP contribution is 2.15. The van der Waals surface area contributed by atoms with Crippen molar-refractivity contribution in [1.82, 2.24) is 0 Å². The van der Waals surface area contributed by atoms with Crippen LogP contribution in [0.5, 0.6) is 0 Å². The summed E-state index contributed by atoms with van der Waals surface area (Å²) in [6.45, 7) is 9.83. The Labute approximate surface area is 159 Å². The van der Waals surface area contributed by atoms with Crippen LogP contribution >= 0.6 is 0 Å². The molecule has 0 spiro atoms. The monoisotopic (exact) mass is 367 g/mol. The largest absolute Gasteiger partial charge is 0.495 e. The van der Waals surface area contributed by atoms with Crippen molar-refractivity contribution < 1.29 is 9.53 Å². The van der Waals surface area contributed by atoms with Crippen molar-refractivity contribution in [1.29, 1.82) is 0 Å². The van der Waals surface area contributed by atoms with Crippen molar-refractivity contribution in [2.24, 2.45) is 22.2 Å². The van der Waals surface area contributed by atoms with Crippen LogP contribution in [0.2, 0.25) is 0 Å². The van der Waals surface area contributed by atoms with Crippen molar-refractivity contribution in [3.05, 3.63) is 90.5 Å². The van der Waals surface area contributed by atoms with E-state index in [1.807, 2.05) is 6.92 Å². The third-order valence-corrected chi connectivity index (χ3v) is 3.21. The lowest BCUT2D eigenvalue weighted by Gasteiger charge is -2.08. The second-order valence-electron chi connectivity index (χ2n) is 5.21. The zero-order valence-corrected chi connectivity index (χ0v) is 15.3. The standard InChI is InChI=1S/C20H25N5O2/c1-4-6-18(16(13-21)8-7-14(3)27-5-2)25-20(23)24-17-11-9-15(10-12-17)19(22)26/h4,6-13H,1,3,5,21H2,2H3,(H2,22,26)(H3,23,24,25)/b8-7-,16-13+,18-6-. The Bertz CT molecular complexity index is 802. The number of ether oxygens (including phenoxy) is 1. The highest BCUT2D eigenvalue weighted by Gasteiger charge is 2.04. The Morgan fingerprint density at radius 2 is 1.93 bits per heavy atom. The van der Waals surface area contributed by atoms with E-state index in [2.05, 4.69) is 23.5 Å². The van der Waals surface area contributed by atoms with Gasteiger partial charge >= 0.3 is 0 Å². The van der Waals surface area contributed by atoms with Crippen molar-refractivity contribution >= 4 is 17.6 Å². The van der Waals surface area contributed by atoms with E-state index in [-0.39, 0.29) is 5.96 Å². The van der Waals surface area contributed by atoms with E-state index in [4.69, 9.17) is 21.9 Å². The van der Waals surface area contributed by atoms with Gasteiger partial charge in [-0.1, -0.05) is 19.2 Å². The third kappa shape index (κ3) is 7.35. The molecule has 0 fully saturated rings. The Morgan fingerprint density at radius 3 is 2.44 bits per heavy atom. The number of rotatable bonds is 9. The van der Waals surface area contributed by atoms with Crippen LogP contribution in [-0.2, 0) is 4.74 Å². The summed E-state index contributed by atoms with van der Waals surface area (Å²) < 4.78 is 5.27. The average Bonchev–Trinajstić information content (AvgIpc) is 2.63. The molecular formula is C20H25N5O2. The number of aliphatic imine (C=N–C) groups is 1. The zero-order chi connectivity index (χ0) is 20.2. The Balaban J connectivity index is 2.98. The molecule has 0 unspecified atom stereocenters. The summed E-state index contributed by atoms with van der Waals surface area (Å²) in [6, 6.07) is 6.52. The first-order valence-corrected chi connectivity index (χ1v) is 8.17. The van der Waals surface area contributed by atoms with Crippen LogP contribution in [0.15, 0.2) is 89.9 Å². The Morgan fingerprint density at radius 1 is 1.26 bits per heavy atom. The average molecular weight is 367 g/mol. The molecule has 27 heavy (non-hydrogen) atoms. The van der Waals surface area contributed by atoms with Crippen LogP contribution in [0.3, 0.4) is 0 Å². The molecule has 1 aromatic rings. The molecule has 0 aromatic heterocycles. The predicted molar refractivity (Wildman–Crippen MR) is 111 cm³/mol. The SMILES string of the molecule is C=C/C=C(\N=C(/N)Nc1ccc(C(N)=O)cc1)C(/C=C\C(=C)OCC)=C/N. The molecule has 1 rings (SSSR count). The second kappa shape index (κ2) is 11.0. The molecule has 0 aliphatic heterocycles. The molecule has 0 aliphatic carbocycles. The number of amides is 1. The molecule has 7 heteroatoms. The number of anilines is 1. The maximum absolute atomic E-state index is 11.1. The van der Waals surface area contributed by atoms with Gasteiger partial charge in [0.05, 0.1) is 12.3 Å². The highest BCUT2D eigenvalue weighted by atomic mass is 16.5. The number of hydrogen-bond acceptors (Lipinski definition) is 4. The lowest BCUT2D eigenvalue weighted by molar-refractivity contribution is 0.100. The summed E-state index contributed by atoms with van der Waals surface area (Å²) in [7, 11) is 0. The minimum atomic E-state index is -0.502. The molecule has 0 atom stereocenters. The molecule has 142 valence electrons. The fourth-order valence-corrected chi connectivity index (χ4v) is 1.98. The van der Waals surface area contributed by atoms with E-state index in [1.54, 1.807) is 48.6 Å². The van der Waals surface area contributed by atoms with E-state index >= 15 is 0 Å². The number of primary amides is 1. The molecule has 0 saturated carbocycles. The van der Waals surface area contributed by atoms with Gasteiger partial charge in [0.2, 0.25) is 5.91 Å². The number of guanidine groups is 1. The fourth-order valence-electron chi connectivity index (χ4n) is 1.98. The number of carbonyl (C=O) groups is 1. The number of nitrogens with one attached hydrogen (secondary N) is 1.